The fourth-order valence-electron chi connectivity index (χ4n) is 2.63. The molecule has 6 heteroatoms. The summed E-state index contributed by atoms with van der Waals surface area (Å²) >= 11 is 0. The number of pyridine rings is 1. The minimum Gasteiger partial charge on any atom is -0.462 e. The lowest BCUT2D eigenvalue weighted by Crippen LogP contribution is -2.34. The molecule has 1 aliphatic heterocycles. The van der Waals surface area contributed by atoms with Gasteiger partial charge < -0.3 is 14.5 Å². The van der Waals surface area contributed by atoms with Crippen molar-refractivity contribution in [2.45, 2.75) is 20.3 Å². The van der Waals surface area contributed by atoms with Crippen molar-refractivity contribution in [3.8, 4) is 0 Å². The van der Waals surface area contributed by atoms with Gasteiger partial charge in [0.25, 0.3) is 0 Å². The molecule has 2 rings (SSSR count). The Kier molecular flexibility index (Phi) is 7.19. The molecule has 0 spiro atoms. The zero-order valence-corrected chi connectivity index (χ0v) is 14.9. The number of carbonyl (C=O) groups is 2. The van der Waals surface area contributed by atoms with E-state index in [9.17, 15) is 9.59 Å². The van der Waals surface area contributed by atoms with Gasteiger partial charge in [-0.05, 0) is 32.4 Å². The smallest absolute Gasteiger partial charge is 0.339 e. The van der Waals surface area contributed by atoms with E-state index >= 15 is 0 Å². The quantitative estimate of drug-likeness (QED) is 0.467. The van der Waals surface area contributed by atoms with Crippen molar-refractivity contribution in [3.05, 3.63) is 48.2 Å². The Labute approximate surface area is 148 Å². The average Bonchev–Trinajstić information content (AvgIpc) is 2.88. The number of carbonyl (C=O) groups excluding carboxylic acids is 2. The topological polar surface area (TPSA) is 62.7 Å². The fourth-order valence-corrected chi connectivity index (χ4v) is 2.63. The first kappa shape index (κ1) is 18.7. The van der Waals surface area contributed by atoms with Crippen LogP contribution in [0.4, 0.5) is 5.82 Å². The molecule has 1 aliphatic rings. The first-order valence-corrected chi connectivity index (χ1v) is 8.62. The van der Waals surface area contributed by atoms with Gasteiger partial charge in [0.15, 0.2) is 0 Å². The lowest BCUT2D eigenvalue weighted by molar-refractivity contribution is -0.125. The van der Waals surface area contributed by atoms with Crippen molar-refractivity contribution in [1.82, 2.24) is 9.88 Å². The number of hydrogen-bond acceptors (Lipinski definition) is 5. The van der Waals surface area contributed by atoms with Crippen molar-refractivity contribution in [2.24, 2.45) is 0 Å². The molecule has 134 valence electrons. The summed E-state index contributed by atoms with van der Waals surface area (Å²) in [6, 6.07) is 3.56. The van der Waals surface area contributed by atoms with Crippen LogP contribution in [0.15, 0.2) is 42.6 Å². The number of aromatic nitrogens is 1. The van der Waals surface area contributed by atoms with Gasteiger partial charge in [0.2, 0.25) is 5.91 Å². The van der Waals surface area contributed by atoms with Crippen LogP contribution in [0.3, 0.4) is 0 Å². The second-order valence-corrected chi connectivity index (χ2v) is 5.68. The molecule has 0 saturated carbocycles. The predicted octanol–water partition coefficient (Wildman–Crippen LogP) is 2.43. The molecular formula is C19H25N3O3. The maximum absolute atomic E-state index is 12.2. The Balaban J connectivity index is 1.96. The molecule has 1 fully saturated rings. The summed E-state index contributed by atoms with van der Waals surface area (Å²) in [4.78, 5) is 32.2. The number of nitrogens with zero attached hydrogens (tertiary/aromatic N) is 3. The summed E-state index contributed by atoms with van der Waals surface area (Å²) in [5.74, 6) is 0.486. The highest BCUT2D eigenvalue weighted by molar-refractivity contribution is 5.89. The van der Waals surface area contributed by atoms with Gasteiger partial charge in [-0.2, -0.15) is 0 Å². The van der Waals surface area contributed by atoms with E-state index in [-0.39, 0.29) is 11.9 Å². The summed E-state index contributed by atoms with van der Waals surface area (Å²) < 4.78 is 4.97. The summed E-state index contributed by atoms with van der Waals surface area (Å²) in [7, 11) is 0. The summed E-state index contributed by atoms with van der Waals surface area (Å²) in [5.41, 5.74) is 0.450. The van der Waals surface area contributed by atoms with Gasteiger partial charge in [0, 0.05) is 38.5 Å². The van der Waals surface area contributed by atoms with Crippen molar-refractivity contribution in [3.63, 3.8) is 0 Å². The number of ether oxygens (including phenoxy) is 1. The molecule has 0 N–H and O–H groups in total. The third-order valence-electron chi connectivity index (χ3n) is 3.93. The third kappa shape index (κ3) is 5.45. The van der Waals surface area contributed by atoms with E-state index in [0.29, 0.717) is 18.7 Å². The number of rotatable bonds is 5. The minimum absolute atomic E-state index is 0.0329. The van der Waals surface area contributed by atoms with Gasteiger partial charge in [-0.1, -0.05) is 18.2 Å². The molecule has 0 atom stereocenters. The molecular weight excluding hydrogens is 318 g/mol. The van der Waals surface area contributed by atoms with E-state index in [1.54, 1.807) is 31.3 Å². The molecule has 1 aromatic heterocycles. The monoisotopic (exact) mass is 343 g/mol. The van der Waals surface area contributed by atoms with E-state index in [1.807, 2.05) is 30.0 Å². The summed E-state index contributed by atoms with van der Waals surface area (Å²) in [6.07, 6.45) is 9.52. The van der Waals surface area contributed by atoms with Crippen LogP contribution in [-0.2, 0) is 9.53 Å². The number of allylic oxidation sites excluding steroid dienone is 3. The van der Waals surface area contributed by atoms with Crippen molar-refractivity contribution >= 4 is 17.7 Å². The number of hydrogen-bond donors (Lipinski definition) is 0. The Morgan fingerprint density at radius 1 is 1.20 bits per heavy atom. The van der Waals surface area contributed by atoms with Crippen LogP contribution < -0.4 is 4.90 Å². The van der Waals surface area contributed by atoms with Crippen LogP contribution in [0.2, 0.25) is 0 Å². The van der Waals surface area contributed by atoms with Crippen molar-refractivity contribution < 1.29 is 14.3 Å². The highest BCUT2D eigenvalue weighted by atomic mass is 16.5. The zero-order valence-electron chi connectivity index (χ0n) is 14.9. The van der Waals surface area contributed by atoms with Gasteiger partial charge in [-0.25, -0.2) is 9.78 Å². The van der Waals surface area contributed by atoms with Crippen molar-refractivity contribution in [2.75, 3.05) is 37.7 Å². The van der Waals surface area contributed by atoms with Gasteiger partial charge in [0.05, 0.1) is 12.2 Å². The molecule has 0 aliphatic carbocycles. The Morgan fingerprint density at radius 3 is 2.72 bits per heavy atom. The van der Waals surface area contributed by atoms with E-state index in [0.717, 1.165) is 31.9 Å². The molecule has 1 aromatic rings. The molecule has 2 heterocycles. The largest absolute Gasteiger partial charge is 0.462 e. The van der Waals surface area contributed by atoms with Crippen LogP contribution in [0, 0.1) is 0 Å². The van der Waals surface area contributed by atoms with E-state index in [4.69, 9.17) is 4.74 Å². The normalized spacial score (nSPS) is 15.6. The third-order valence-corrected chi connectivity index (χ3v) is 3.93. The minimum atomic E-state index is -0.359. The molecule has 25 heavy (non-hydrogen) atoms. The van der Waals surface area contributed by atoms with Crippen LogP contribution in [0.5, 0.6) is 0 Å². The van der Waals surface area contributed by atoms with Crippen LogP contribution >= 0.6 is 0 Å². The number of esters is 1. The molecule has 1 amide bonds. The Hall–Kier alpha value is -2.63. The molecule has 0 unspecified atom stereocenters. The van der Waals surface area contributed by atoms with E-state index in [2.05, 4.69) is 9.88 Å². The average molecular weight is 343 g/mol. The first-order chi connectivity index (χ1) is 12.2. The van der Waals surface area contributed by atoms with E-state index in [1.165, 1.54) is 0 Å². The standard InChI is InChI=1S/C19H25N3O3/c1-3-5-6-8-18(23)22-12-7-11-21(13-14-22)17-10-9-16(15-20-17)19(24)25-4-2/h3,5-6,8-10,15H,4,7,11-14H2,1-2H3/b5-3+,8-6+. The van der Waals surface area contributed by atoms with Gasteiger partial charge in [-0.15, -0.1) is 0 Å². The van der Waals surface area contributed by atoms with E-state index < -0.39 is 0 Å². The molecule has 6 nitrogen and oxygen atoms in total. The second-order valence-electron chi connectivity index (χ2n) is 5.68. The zero-order chi connectivity index (χ0) is 18.1. The number of amides is 1. The highest BCUT2D eigenvalue weighted by Crippen LogP contribution is 2.15. The van der Waals surface area contributed by atoms with Gasteiger partial charge >= 0.3 is 5.97 Å². The van der Waals surface area contributed by atoms with Crippen LogP contribution in [0.1, 0.15) is 30.6 Å². The van der Waals surface area contributed by atoms with Gasteiger partial charge in [-0.3, -0.25) is 4.79 Å². The van der Waals surface area contributed by atoms with Crippen LogP contribution in [-0.4, -0.2) is 54.5 Å². The van der Waals surface area contributed by atoms with Crippen molar-refractivity contribution in [1.29, 1.82) is 0 Å². The van der Waals surface area contributed by atoms with Gasteiger partial charge in [0.1, 0.15) is 5.82 Å². The lowest BCUT2D eigenvalue weighted by atomic mass is 10.2. The lowest BCUT2D eigenvalue weighted by Gasteiger charge is -2.22. The number of anilines is 1. The maximum atomic E-state index is 12.2. The Morgan fingerprint density at radius 2 is 2.04 bits per heavy atom. The first-order valence-electron chi connectivity index (χ1n) is 8.62. The predicted molar refractivity (Wildman–Crippen MR) is 97.6 cm³/mol. The summed E-state index contributed by atoms with van der Waals surface area (Å²) in [5, 5.41) is 0. The van der Waals surface area contributed by atoms with Crippen LogP contribution in [0.25, 0.3) is 0 Å². The fraction of sp³-hybridized carbons (Fsp3) is 0.421. The second kappa shape index (κ2) is 9.61. The Bertz CT molecular complexity index is 638. The highest BCUT2D eigenvalue weighted by Gasteiger charge is 2.18. The SMILES string of the molecule is C/C=C/C=C/C(=O)N1CCCN(c2ccc(C(=O)OCC)cn2)CC1. The summed E-state index contributed by atoms with van der Waals surface area (Å²) in [6.45, 7) is 6.97. The maximum Gasteiger partial charge on any atom is 0.339 e. The molecule has 0 aromatic carbocycles. The molecule has 1 saturated heterocycles. The molecule has 0 bridgehead atoms. The molecule has 0 radical (unpaired) electrons.